The maximum Gasteiger partial charge on any atom is 0.257 e. The monoisotopic (exact) mass is 280 g/mol. The van der Waals surface area contributed by atoms with Crippen LogP contribution < -0.4 is 0 Å². The number of halogens is 1. The van der Waals surface area contributed by atoms with Crippen molar-refractivity contribution in [3.05, 3.63) is 47.2 Å². The minimum Gasteiger partial charge on any atom is -0.275 e. The van der Waals surface area contributed by atoms with Gasteiger partial charge in [0.05, 0.1) is 11.3 Å². The lowest BCUT2D eigenvalue weighted by molar-refractivity contribution is 0.107. The summed E-state index contributed by atoms with van der Waals surface area (Å²) in [5, 5.41) is 4.60. The molecule has 0 spiro atoms. The van der Waals surface area contributed by atoms with Gasteiger partial charge in [-0.15, -0.1) is 11.8 Å². The van der Waals surface area contributed by atoms with E-state index in [-0.39, 0.29) is 0 Å². The molecule has 2 aromatic rings. The molecule has 0 aliphatic rings. The highest BCUT2D eigenvalue weighted by Gasteiger charge is 2.18. The zero-order chi connectivity index (χ0) is 13.1. The van der Waals surface area contributed by atoms with Crippen LogP contribution in [0.1, 0.15) is 21.6 Å². The van der Waals surface area contributed by atoms with Crippen molar-refractivity contribution in [2.45, 2.75) is 17.7 Å². The van der Waals surface area contributed by atoms with Crippen molar-refractivity contribution in [3.63, 3.8) is 0 Å². The number of aromatic nitrogens is 2. The van der Waals surface area contributed by atoms with Crippen LogP contribution in [0.15, 0.2) is 35.4 Å². The molecule has 0 aliphatic carbocycles. The molecule has 18 heavy (non-hydrogen) atoms. The number of hydrogen-bond donors (Lipinski definition) is 0. The summed E-state index contributed by atoms with van der Waals surface area (Å²) in [6.07, 6.45) is 0. The van der Waals surface area contributed by atoms with Crippen LogP contribution in [0.25, 0.3) is 0 Å². The van der Waals surface area contributed by atoms with Gasteiger partial charge in [0, 0.05) is 12.8 Å². The van der Waals surface area contributed by atoms with Crippen molar-refractivity contribution >= 4 is 28.6 Å². The van der Waals surface area contributed by atoms with Crippen LogP contribution in [0.4, 0.5) is 0 Å². The highest BCUT2D eigenvalue weighted by atomic mass is 35.5. The molecule has 0 radical (unpaired) electrons. The fourth-order valence-electron chi connectivity index (χ4n) is 1.75. The van der Waals surface area contributed by atoms with Gasteiger partial charge in [-0.2, -0.15) is 5.10 Å². The lowest BCUT2D eigenvalue weighted by Gasteiger charge is -2.04. The number of benzene rings is 1. The Morgan fingerprint density at radius 1 is 1.39 bits per heavy atom. The number of carbonyl (C=O) groups is 1. The molecule has 0 saturated heterocycles. The normalized spacial score (nSPS) is 10.6. The summed E-state index contributed by atoms with van der Waals surface area (Å²) in [5.41, 5.74) is 2.39. The third kappa shape index (κ3) is 2.76. The van der Waals surface area contributed by atoms with Gasteiger partial charge in [-0.3, -0.25) is 9.48 Å². The number of nitrogens with zero attached hydrogens (tertiary/aromatic N) is 2. The van der Waals surface area contributed by atoms with E-state index in [1.165, 1.54) is 5.56 Å². The van der Waals surface area contributed by atoms with E-state index in [0.717, 1.165) is 10.8 Å². The molecular formula is C13H13ClN2OS. The highest BCUT2D eigenvalue weighted by molar-refractivity contribution is 7.98. The minimum atomic E-state index is -0.448. The summed E-state index contributed by atoms with van der Waals surface area (Å²) in [4.78, 5) is 11.4. The number of rotatable bonds is 4. The van der Waals surface area contributed by atoms with Crippen LogP contribution in [0, 0.1) is 6.92 Å². The molecule has 1 heterocycles. The molecule has 5 heteroatoms. The van der Waals surface area contributed by atoms with Gasteiger partial charge >= 0.3 is 0 Å². The average Bonchev–Trinajstić information content (AvgIpc) is 2.62. The second-order valence-electron chi connectivity index (χ2n) is 3.94. The first-order valence-corrected chi connectivity index (χ1v) is 6.86. The van der Waals surface area contributed by atoms with Crippen LogP contribution in [0.3, 0.4) is 0 Å². The van der Waals surface area contributed by atoms with Crippen LogP contribution >= 0.6 is 23.4 Å². The SMILES string of the molecule is Cc1nn(C)c(SCc2ccccc2)c1C(=O)Cl. The first-order chi connectivity index (χ1) is 8.59. The second kappa shape index (κ2) is 5.59. The lowest BCUT2D eigenvalue weighted by atomic mass is 10.2. The van der Waals surface area contributed by atoms with E-state index < -0.39 is 5.24 Å². The van der Waals surface area contributed by atoms with Gasteiger partial charge < -0.3 is 0 Å². The van der Waals surface area contributed by atoms with Gasteiger partial charge in [0.25, 0.3) is 5.24 Å². The number of aryl methyl sites for hydroxylation is 2. The lowest BCUT2D eigenvalue weighted by Crippen LogP contribution is -1.96. The Bertz CT molecular complexity index is 566. The van der Waals surface area contributed by atoms with E-state index in [1.807, 2.05) is 25.2 Å². The Balaban J connectivity index is 2.22. The molecule has 0 unspecified atom stereocenters. The minimum absolute atomic E-state index is 0.448. The van der Waals surface area contributed by atoms with Crippen LogP contribution in [-0.2, 0) is 12.8 Å². The largest absolute Gasteiger partial charge is 0.275 e. The molecule has 0 bridgehead atoms. The van der Waals surface area contributed by atoms with Crippen molar-refractivity contribution in [1.29, 1.82) is 0 Å². The molecule has 0 amide bonds. The quantitative estimate of drug-likeness (QED) is 0.636. The van der Waals surface area contributed by atoms with E-state index >= 15 is 0 Å². The fraction of sp³-hybridized carbons (Fsp3) is 0.231. The number of carbonyl (C=O) groups excluding carboxylic acids is 1. The molecule has 0 fully saturated rings. The fourth-order valence-corrected chi connectivity index (χ4v) is 3.15. The van der Waals surface area contributed by atoms with Crippen molar-refractivity contribution in [3.8, 4) is 0 Å². The zero-order valence-corrected chi connectivity index (χ0v) is 11.8. The summed E-state index contributed by atoms with van der Waals surface area (Å²) in [7, 11) is 1.82. The predicted octanol–water partition coefficient (Wildman–Crippen LogP) is 3.40. The van der Waals surface area contributed by atoms with Gasteiger partial charge in [-0.05, 0) is 24.1 Å². The molecule has 1 aromatic heterocycles. The molecule has 1 aromatic carbocycles. The van der Waals surface area contributed by atoms with Gasteiger partial charge in [0.2, 0.25) is 0 Å². The highest BCUT2D eigenvalue weighted by Crippen LogP contribution is 2.28. The Morgan fingerprint density at radius 2 is 2.06 bits per heavy atom. The predicted molar refractivity (Wildman–Crippen MR) is 74.1 cm³/mol. The zero-order valence-electron chi connectivity index (χ0n) is 10.2. The summed E-state index contributed by atoms with van der Waals surface area (Å²) in [5.74, 6) is 0.789. The maximum atomic E-state index is 11.4. The third-order valence-electron chi connectivity index (χ3n) is 2.58. The first kappa shape index (κ1) is 13.2. The summed E-state index contributed by atoms with van der Waals surface area (Å²) in [6.45, 7) is 1.79. The maximum absolute atomic E-state index is 11.4. The van der Waals surface area contributed by atoms with E-state index in [1.54, 1.807) is 23.4 Å². The third-order valence-corrected chi connectivity index (χ3v) is 3.99. The average molecular weight is 281 g/mol. The summed E-state index contributed by atoms with van der Waals surface area (Å²) in [6, 6.07) is 10.1. The van der Waals surface area contributed by atoms with E-state index in [9.17, 15) is 4.79 Å². The Morgan fingerprint density at radius 3 is 2.67 bits per heavy atom. The van der Waals surface area contributed by atoms with Gasteiger partial charge in [0.15, 0.2) is 0 Å². The smallest absolute Gasteiger partial charge is 0.257 e. The van der Waals surface area contributed by atoms with E-state index in [2.05, 4.69) is 17.2 Å². The molecule has 0 aliphatic heterocycles. The van der Waals surface area contributed by atoms with Crippen molar-refractivity contribution < 1.29 is 4.79 Å². The topological polar surface area (TPSA) is 34.9 Å². The standard InChI is InChI=1S/C13H13ClN2OS/c1-9-11(12(14)17)13(16(2)15-9)18-8-10-6-4-3-5-7-10/h3-7H,8H2,1-2H3. The summed E-state index contributed by atoms with van der Waals surface area (Å²) < 4.78 is 1.71. The van der Waals surface area contributed by atoms with Crippen molar-refractivity contribution in [2.75, 3.05) is 0 Å². The van der Waals surface area contributed by atoms with Gasteiger partial charge in [-0.1, -0.05) is 30.3 Å². The molecule has 0 atom stereocenters. The van der Waals surface area contributed by atoms with Gasteiger partial charge in [-0.25, -0.2) is 0 Å². The molecule has 0 N–H and O–H groups in total. The van der Waals surface area contributed by atoms with Crippen molar-refractivity contribution in [1.82, 2.24) is 9.78 Å². The Kier molecular flexibility index (Phi) is 4.09. The van der Waals surface area contributed by atoms with E-state index in [4.69, 9.17) is 11.6 Å². The van der Waals surface area contributed by atoms with Crippen LogP contribution in [0.2, 0.25) is 0 Å². The second-order valence-corrected chi connectivity index (χ2v) is 5.24. The van der Waals surface area contributed by atoms with Crippen LogP contribution in [-0.4, -0.2) is 15.0 Å². The van der Waals surface area contributed by atoms with E-state index in [0.29, 0.717) is 11.3 Å². The first-order valence-electron chi connectivity index (χ1n) is 5.49. The molecule has 0 saturated carbocycles. The van der Waals surface area contributed by atoms with Crippen LogP contribution in [0.5, 0.6) is 0 Å². The van der Waals surface area contributed by atoms with Crippen molar-refractivity contribution in [2.24, 2.45) is 7.05 Å². The molecule has 3 nitrogen and oxygen atoms in total. The Labute approximate surface area is 115 Å². The Hall–Kier alpha value is -1.26. The number of thioether (sulfide) groups is 1. The number of hydrogen-bond acceptors (Lipinski definition) is 3. The molecule has 94 valence electrons. The molecular weight excluding hydrogens is 268 g/mol. The summed E-state index contributed by atoms with van der Waals surface area (Å²) >= 11 is 7.17. The molecule has 2 rings (SSSR count). The van der Waals surface area contributed by atoms with Gasteiger partial charge in [0.1, 0.15) is 5.03 Å².